The Labute approximate surface area is 667 Å². The van der Waals surface area contributed by atoms with E-state index in [1.54, 1.807) is 76.9 Å². The average Bonchev–Trinajstić information content (AvgIpc) is 1.51. The van der Waals surface area contributed by atoms with Crippen molar-refractivity contribution in [1.29, 1.82) is 0 Å². The van der Waals surface area contributed by atoms with Crippen LogP contribution in [0.1, 0.15) is 120 Å². The van der Waals surface area contributed by atoms with Crippen molar-refractivity contribution in [3.8, 4) is 0 Å². The molecule has 22 atom stereocenters. The molecule has 2 aromatic rings. The van der Waals surface area contributed by atoms with Crippen LogP contribution >= 0.6 is 0 Å². The highest BCUT2D eigenvalue weighted by atomic mass is 16.7. The number of rotatable bonds is 44. The molecule has 0 spiro atoms. The highest BCUT2D eigenvalue weighted by Crippen LogP contribution is 2.31. The Morgan fingerprint density at radius 1 is 0.617 bits per heavy atom. The summed E-state index contributed by atoms with van der Waals surface area (Å²) >= 11 is 0. The molecule has 5 rings (SSSR count). The van der Waals surface area contributed by atoms with Gasteiger partial charge in [-0.1, -0.05) is 111 Å². The van der Waals surface area contributed by atoms with Gasteiger partial charge in [0, 0.05) is 61.3 Å². The molecule has 3 saturated heterocycles. The van der Waals surface area contributed by atoms with Crippen molar-refractivity contribution >= 4 is 82.9 Å². The minimum Gasteiger partial charge on any atom is -0.481 e. The van der Waals surface area contributed by atoms with Crippen LogP contribution in [0.4, 0.5) is 10.5 Å². The fourth-order valence-corrected chi connectivity index (χ4v) is 13.6. The number of carboxylic acids is 3. The van der Waals surface area contributed by atoms with E-state index in [2.05, 4.69) is 37.2 Å². The van der Waals surface area contributed by atoms with Gasteiger partial charge in [-0.3, -0.25) is 52.8 Å². The van der Waals surface area contributed by atoms with E-state index in [1.807, 2.05) is 13.8 Å². The molecular formula is C76H116N10O29. The number of hydrogen-bond donors (Lipinski definition) is 16. The molecular weight excluding hydrogens is 1520 g/mol. The maximum atomic E-state index is 15.0. The van der Waals surface area contributed by atoms with Crippen LogP contribution < -0.4 is 37.2 Å². The third kappa shape index (κ3) is 27.5. The molecule has 1 unspecified atom stereocenters. The number of carbonyl (C=O) groups is 13. The number of aliphatic hydroxyl groups is 6. The quantitative estimate of drug-likeness (QED) is 0.0317. The van der Waals surface area contributed by atoms with E-state index >= 15 is 0 Å². The van der Waals surface area contributed by atoms with Gasteiger partial charge < -0.3 is 126 Å². The maximum absolute atomic E-state index is 15.0. The number of methoxy groups -OCH3 is 2. The highest BCUT2D eigenvalue weighted by molar-refractivity contribution is 5.99. The number of nitrogens with one attached hydrogen (secondary N) is 7. The Balaban J connectivity index is 1.23. The number of likely N-dealkylation sites (tertiary alicyclic amines) is 1. The number of hydrogen-bond acceptors (Lipinski definition) is 26. The first-order valence-electron chi connectivity index (χ1n) is 38.6. The van der Waals surface area contributed by atoms with Gasteiger partial charge in [-0.15, -0.1) is 0 Å². The Morgan fingerprint density at radius 2 is 1.20 bits per heavy atom. The SMILES string of the molecule is [3H]C(CC(=O)O)C(=O)NCC(=O)N[C@H](C(=O)N[C@@H](CO[C@@H]1O[C@H](C(=O)O)[C@@H](O)[C@H](O)[C@H]1O)C(=O)Nc1ccc(COC(=O)N(C)[C@H](C(=O)N[C@H](C(=O)N(C)[C@@H]([C@@H](C)CC)[C@@H](CC(=O)N2CCC[C@H]2[C@H](OC)[C@@H](C)C(=O)N[C@@H](Cc2ccccc2)C(=O)NCCCO[C@@H]2O[C@H](C(=O)O)[C@@H](O)[C@H](O)[C@H]2O)OC)C(C)C)C(C)C)cc1)C(C)C. The van der Waals surface area contributed by atoms with E-state index in [-0.39, 0.29) is 56.5 Å². The van der Waals surface area contributed by atoms with Gasteiger partial charge in [-0.2, -0.15) is 0 Å². The van der Waals surface area contributed by atoms with Gasteiger partial charge >= 0.3 is 24.0 Å². The minimum absolute atomic E-state index is 0.0106. The zero-order valence-corrected chi connectivity index (χ0v) is 66.9. The van der Waals surface area contributed by atoms with Crippen LogP contribution in [-0.2, 0) is 104 Å². The molecule has 0 aromatic heterocycles. The van der Waals surface area contributed by atoms with Crippen LogP contribution in [-0.4, -0.2) is 315 Å². The van der Waals surface area contributed by atoms with Gasteiger partial charge in [0.25, 0.3) is 0 Å². The minimum atomic E-state index is -2.11. The second-order valence-electron chi connectivity index (χ2n) is 29.8. The molecule has 39 nitrogen and oxygen atoms in total. The lowest BCUT2D eigenvalue weighted by Gasteiger charge is -2.41. The number of nitrogens with zero attached hydrogens (tertiary/aromatic N) is 3. The highest BCUT2D eigenvalue weighted by Gasteiger charge is 2.50. The number of carboxylic acid groups (broad SMARTS) is 3. The number of amides is 10. The maximum Gasteiger partial charge on any atom is 0.410 e. The Morgan fingerprint density at radius 3 is 1.74 bits per heavy atom. The van der Waals surface area contributed by atoms with Crippen molar-refractivity contribution in [1.82, 2.24) is 46.6 Å². The largest absolute Gasteiger partial charge is 0.481 e. The first-order chi connectivity index (χ1) is 54.6. The molecule has 115 heavy (non-hydrogen) atoms. The Hall–Kier alpha value is -9.13. The van der Waals surface area contributed by atoms with E-state index in [0.717, 1.165) is 10.5 Å². The number of aliphatic carboxylic acids is 3. The fraction of sp³-hybridized carbons (Fsp3) is 0.671. The van der Waals surface area contributed by atoms with E-state index < -0.39 is 237 Å². The Bertz CT molecular complexity index is 3630. The molecule has 0 bridgehead atoms. The van der Waals surface area contributed by atoms with Crippen molar-refractivity contribution in [2.24, 2.45) is 29.6 Å². The van der Waals surface area contributed by atoms with Gasteiger partial charge in [-0.25, -0.2) is 14.4 Å². The number of ether oxygens (including phenoxy) is 7. The number of carbonyl (C=O) groups excluding carboxylic acids is 10. The third-order valence-electron chi connectivity index (χ3n) is 20.3. The molecule has 2 aromatic carbocycles. The normalized spacial score (nSPS) is 23.8. The lowest BCUT2D eigenvalue weighted by atomic mass is 9.89. The second-order valence-corrected chi connectivity index (χ2v) is 29.8. The van der Waals surface area contributed by atoms with Gasteiger partial charge in [0.15, 0.2) is 24.8 Å². The molecule has 0 aliphatic carbocycles. The van der Waals surface area contributed by atoms with Gasteiger partial charge in [-0.05, 0) is 66.2 Å². The van der Waals surface area contributed by atoms with Crippen LogP contribution in [0.25, 0.3) is 0 Å². The number of likely N-dealkylation sites (N-methyl/N-ethyl adjacent to an activating group) is 2. The van der Waals surface area contributed by atoms with E-state index in [1.165, 1.54) is 64.3 Å². The summed E-state index contributed by atoms with van der Waals surface area (Å²) in [4.78, 5) is 178. The third-order valence-corrected chi connectivity index (χ3v) is 20.3. The zero-order chi connectivity index (χ0) is 86.9. The van der Waals surface area contributed by atoms with Crippen LogP contribution in [0.2, 0.25) is 0 Å². The fourth-order valence-electron chi connectivity index (χ4n) is 13.6. The first kappa shape index (κ1) is 94.7. The summed E-state index contributed by atoms with van der Waals surface area (Å²) < 4.78 is 46.8. The van der Waals surface area contributed by atoms with Crippen molar-refractivity contribution in [3.63, 3.8) is 0 Å². The Kier molecular flexibility index (Phi) is 37.9. The summed E-state index contributed by atoms with van der Waals surface area (Å²) in [5.41, 5.74) is 1.15. The van der Waals surface area contributed by atoms with Gasteiger partial charge in [0.2, 0.25) is 53.2 Å². The molecule has 3 aliphatic rings. The van der Waals surface area contributed by atoms with Crippen molar-refractivity contribution in [2.45, 2.75) is 236 Å². The van der Waals surface area contributed by atoms with Crippen LogP contribution in [0.3, 0.4) is 0 Å². The van der Waals surface area contributed by atoms with E-state index in [0.29, 0.717) is 31.4 Å². The summed E-state index contributed by atoms with van der Waals surface area (Å²) in [6.45, 7) is 13.3. The summed E-state index contributed by atoms with van der Waals surface area (Å²) in [6, 6.07) is 6.49. The van der Waals surface area contributed by atoms with E-state index in [9.17, 15) is 103 Å². The molecule has 16 N–H and O–H groups in total. The average molecular weight is 1640 g/mol. The zero-order valence-electron chi connectivity index (χ0n) is 67.9. The lowest BCUT2D eigenvalue weighted by Crippen LogP contribution is -2.61. The van der Waals surface area contributed by atoms with Gasteiger partial charge in [0.1, 0.15) is 73.4 Å². The van der Waals surface area contributed by atoms with E-state index in [4.69, 9.17) is 39.6 Å². The van der Waals surface area contributed by atoms with Crippen molar-refractivity contribution in [2.75, 3.05) is 66.5 Å². The topological polar surface area (TPSA) is 563 Å². The molecule has 0 saturated carbocycles. The monoisotopic (exact) mass is 1630 g/mol. The molecule has 3 fully saturated rings. The molecule has 0 radical (unpaired) electrons. The van der Waals surface area contributed by atoms with Gasteiger partial charge in [0.05, 0.1) is 62.8 Å². The predicted octanol–water partition coefficient (Wildman–Crippen LogP) is -2.06. The van der Waals surface area contributed by atoms with Crippen LogP contribution in [0, 0.1) is 29.6 Å². The standard InChI is InChI=1S/C76H116N10O29/c1-14-40(8)56(48(109-12)33-51(89)86-30-18-22-47(86)63(110-13)41(9)66(98)80-45(32-42-20-16-15-17-21-42)67(99)77-29-19-31-111-74-61(96)57(92)59(94)64(114-74)72(104)105)84(10)71(103)54(38(4)5)83-70(102)55(39(6)7)85(11)76(108)113-35-43-23-25-44(26-24-43)79-68(100)46(36-112-75-62(97)58(93)60(95)65(115-75)73(106)107)81-69(101)53(37(2)3)82-50(88)34-78-49(87)27-28-52(90)91/h15-17,20-21,23-26,37-41,45-48,53-65,74-75,92-97H,14,18-19,22,27-36H2,1-13H3,(H,77,99)(H,78,87)(H,79,100)(H,80,98)(H,81,101)(H,82,88)(H,83,102)(H,90,91)(H,104,105)(H,106,107)/t40-,41+,45-,46-,47-,48+,53-,54-,55-,56-,57-,58-,59-,60-,61+,62+,63+,64-,65-,74+,75+/m0/s1/i27T/t27?,40-,41+,45-,46-,47-,48+,53-,54-,55-,56-,57-,58-,59-,60-,61+,62+,63+,64-,65-,74+,75+. The predicted molar refractivity (Wildman–Crippen MR) is 403 cm³/mol. The van der Waals surface area contributed by atoms with Crippen molar-refractivity contribution < 1.29 is 143 Å². The smallest absolute Gasteiger partial charge is 0.410 e. The number of benzene rings is 2. The summed E-state index contributed by atoms with van der Waals surface area (Å²) in [7, 11) is 5.75. The summed E-state index contributed by atoms with van der Waals surface area (Å²) in [5, 5.41) is 108. The summed E-state index contributed by atoms with van der Waals surface area (Å²) in [5.74, 6) is -14.6. The number of aliphatic hydroxyl groups excluding tert-OH is 6. The first-order valence-corrected chi connectivity index (χ1v) is 38.0. The molecule has 3 aliphatic heterocycles. The van der Waals surface area contributed by atoms with Crippen LogP contribution in [0.5, 0.6) is 0 Å². The van der Waals surface area contributed by atoms with Crippen LogP contribution in [0.15, 0.2) is 54.6 Å². The van der Waals surface area contributed by atoms with Crippen molar-refractivity contribution in [3.05, 3.63) is 65.7 Å². The molecule has 39 heteroatoms. The molecule has 644 valence electrons. The lowest BCUT2D eigenvalue weighted by molar-refractivity contribution is -0.294. The molecule has 3 heterocycles. The summed E-state index contributed by atoms with van der Waals surface area (Å²) in [6.07, 6.45) is -23.2. The second kappa shape index (κ2) is 46.0. The number of anilines is 1. The molecule has 10 amide bonds.